The molecule has 0 saturated heterocycles. The number of fused-ring (bicyclic) bond motifs is 2. The molecule has 4 N–H and O–H groups in total. The third kappa shape index (κ3) is 5.73. The van der Waals surface area contributed by atoms with Crippen molar-refractivity contribution >= 4 is 53.0 Å². The number of hydrogen-bond donors (Lipinski definition) is 4. The van der Waals surface area contributed by atoms with E-state index in [1.807, 2.05) is 0 Å². The van der Waals surface area contributed by atoms with Gasteiger partial charge < -0.3 is 0 Å². The first-order valence-electron chi connectivity index (χ1n) is 13.8. The Morgan fingerprint density at radius 2 is 1.07 bits per heavy atom. The van der Waals surface area contributed by atoms with Crippen molar-refractivity contribution in [1.82, 2.24) is 9.44 Å². The van der Waals surface area contributed by atoms with Crippen LogP contribution >= 0.6 is 0 Å². The highest BCUT2D eigenvalue weighted by atomic mass is 32.2. The molecule has 0 aromatic heterocycles. The topological polar surface area (TPSA) is 154 Å². The van der Waals surface area contributed by atoms with E-state index in [9.17, 15) is 26.9 Å². The summed E-state index contributed by atoms with van der Waals surface area (Å²) in [5, 5.41) is 14.3. The van der Waals surface area contributed by atoms with Gasteiger partial charge in [-0.2, -0.15) is 0 Å². The molecule has 0 heterocycles. The standard InChI is InChI=1S/C28H36N4O6S2/c1-17-3-7-19(8-4-17)31-39(35,36)21-11-13-23-25(15-21)28(30-34)26-16-22(12-14-24(26)27(23)29-33)40(37,38)32-20-9-5-18(2)6-10-20/h11-20,29,31-33H,3-10H2,1-2H3. The largest absolute Gasteiger partial charge is 0.291 e. The van der Waals surface area contributed by atoms with E-state index in [1.165, 1.54) is 36.4 Å². The van der Waals surface area contributed by atoms with Crippen molar-refractivity contribution in [2.75, 3.05) is 5.48 Å². The molecule has 2 aliphatic rings. The molecule has 40 heavy (non-hydrogen) atoms. The minimum absolute atomic E-state index is 0.0382. The smallest absolute Gasteiger partial charge is 0.240 e. The maximum atomic E-state index is 13.3. The predicted octanol–water partition coefficient (Wildman–Crippen LogP) is 5.91. The maximum Gasteiger partial charge on any atom is 0.240 e. The van der Waals surface area contributed by atoms with E-state index in [0.717, 1.165) is 51.4 Å². The molecule has 0 radical (unpaired) electrons. The van der Waals surface area contributed by atoms with E-state index in [1.54, 1.807) is 0 Å². The number of hydrogen-bond acceptors (Lipinski definition) is 8. The van der Waals surface area contributed by atoms with Crippen molar-refractivity contribution in [3.8, 4) is 0 Å². The van der Waals surface area contributed by atoms with Crippen molar-refractivity contribution in [2.24, 2.45) is 17.0 Å². The summed E-state index contributed by atoms with van der Waals surface area (Å²) >= 11 is 0. The zero-order chi connectivity index (χ0) is 28.7. The normalized spacial score (nSPS) is 24.3. The molecule has 3 aromatic carbocycles. The van der Waals surface area contributed by atoms with Gasteiger partial charge in [-0.1, -0.05) is 26.0 Å². The molecule has 0 unspecified atom stereocenters. The number of benzene rings is 3. The van der Waals surface area contributed by atoms with Crippen molar-refractivity contribution in [2.45, 2.75) is 87.1 Å². The summed E-state index contributed by atoms with van der Waals surface area (Å²) in [6.07, 6.45) is 6.80. The molecule has 2 saturated carbocycles. The van der Waals surface area contributed by atoms with Crippen molar-refractivity contribution in [3.05, 3.63) is 41.3 Å². The number of nitrogens with one attached hydrogen (secondary N) is 3. The summed E-state index contributed by atoms with van der Waals surface area (Å²) in [5.74, 6) is 1.13. The quantitative estimate of drug-likeness (QED) is 0.145. The fourth-order valence-electron chi connectivity index (χ4n) is 6.05. The van der Waals surface area contributed by atoms with Crippen LogP contribution in [0.25, 0.3) is 21.5 Å². The zero-order valence-corrected chi connectivity index (χ0v) is 24.3. The third-order valence-corrected chi connectivity index (χ3v) is 11.6. The molecular weight excluding hydrogens is 552 g/mol. The minimum atomic E-state index is -3.90. The van der Waals surface area contributed by atoms with Gasteiger partial charge in [-0.25, -0.2) is 26.3 Å². The first-order valence-corrected chi connectivity index (χ1v) is 16.8. The second kappa shape index (κ2) is 11.3. The molecule has 2 aliphatic carbocycles. The number of nitrogens with zero attached hydrogens (tertiary/aromatic N) is 1. The van der Waals surface area contributed by atoms with Gasteiger partial charge >= 0.3 is 0 Å². The van der Waals surface area contributed by atoms with Gasteiger partial charge in [0.15, 0.2) is 0 Å². The number of anilines is 1. The van der Waals surface area contributed by atoms with Crippen LogP contribution in [0.5, 0.6) is 0 Å². The lowest BCUT2D eigenvalue weighted by molar-refractivity contribution is 0.332. The first kappa shape index (κ1) is 28.9. The summed E-state index contributed by atoms with van der Waals surface area (Å²) in [7, 11) is -7.80. The van der Waals surface area contributed by atoms with Crippen molar-refractivity contribution in [1.29, 1.82) is 0 Å². The Balaban J connectivity index is 1.57. The van der Waals surface area contributed by atoms with E-state index in [4.69, 9.17) is 0 Å². The van der Waals surface area contributed by atoms with E-state index in [2.05, 4.69) is 33.9 Å². The van der Waals surface area contributed by atoms with Crippen LogP contribution in [0.3, 0.4) is 0 Å². The molecule has 0 atom stereocenters. The summed E-state index contributed by atoms with van der Waals surface area (Å²) in [5.41, 5.74) is 2.26. The molecule has 0 amide bonds. The molecule has 10 nitrogen and oxygen atoms in total. The van der Waals surface area contributed by atoms with Gasteiger partial charge in [0.2, 0.25) is 20.0 Å². The molecule has 5 rings (SSSR count). The van der Waals surface area contributed by atoms with E-state index < -0.39 is 20.0 Å². The monoisotopic (exact) mass is 588 g/mol. The van der Waals surface area contributed by atoms with Gasteiger partial charge in [-0.3, -0.25) is 10.7 Å². The van der Waals surface area contributed by atoms with Gasteiger partial charge in [-0.05, 0) is 92.6 Å². The fraction of sp³-hybridized carbons (Fsp3) is 0.500. The molecule has 0 spiro atoms. The summed E-state index contributed by atoms with van der Waals surface area (Å²) < 4.78 is 58.6. The summed E-state index contributed by atoms with van der Waals surface area (Å²) in [6.45, 7) is 4.31. The second-order valence-electron chi connectivity index (χ2n) is 11.5. The summed E-state index contributed by atoms with van der Waals surface area (Å²) in [4.78, 5) is 12.1. The number of sulfonamides is 2. The Labute approximate surface area is 235 Å². The first-order chi connectivity index (χ1) is 19.0. The average molecular weight is 589 g/mol. The summed E-state index contributed by atoms with van der Waals surface area (Å²) in [6, 6.07) is 8.23. The lowest BCUT2D eigenvalue weighted by Gasteiger charge is -2.27. The van der Waals surface area contributed by atoms with E-state index in [-0.39, 0.29) is 44.0 Å². The highest BCUT2D eigenvalue weighted by Crippen LogP contribution is 2.43. The van der Waals surface area contributed by atoms with Gasteiger partial charge in [0.1, 0.15) is 5.69 Å². The molecule has 0 aliphatic heterocycles. The molecule has 2 fully saturated rings. The molecule has 3 aromatic rings. The zero-order valence-electron chi connectivity index (χ0n) is 22.7. The Bertz CT molecular complexity index is 1530. The van der Waals surface area contributed by atoms with Gasteiger partial charge in [0.25, 0.3) is 0 Å². The molecule has 12 heteroatoms. The third-order valence-electron chi connectivity index (χ3n) is 8.53. The molecular formula is C28H36N4O6S2. The van der Waals surface area contributed by atoms with Crippen molar-refractivity contribution < 1.29 is 22.0 Å². The Morgan fingerprint density at radius 1 is 0.675 bits per heavy atom. The van der Waals surface area contributed by atoms with Crippen LogP contribution < -0.4 is 14.9 Å². The van der Waals surface area contributed by atoms with Crippen LogP contribution in [0.15, 0.2) is 51.4 Å². The molecule has 0 bridgehead atoms. The molecule has 216 valence electrons. The predicted molar refractivity (Wildman–Crippen MR) is 156 cm³/mol. The number of rotatable bonds is 8. The van der Waals surface area contributed by atoms with Gasteiger partial charge in [0.05, 0.1) is 15.5 Å². The average Bonchev–Trinajstić information content (AvgIpc) is 2.93. The van der Waals surface area contributed by atoms with Crippen LogP contribution in [0.2, 0.25) is 0 Å². The maximum absolute atomic E-state index is 13.3. The van der Waals surface area contributed by atoms with Crippen LogP contribution in [0, 0.1) is 16.7 Å². The lowest BCUT2D eigenvalue weighted by Crippen LogP contribution is -2.37. The highest BCUT2D eigenvalue weighted by molar-refractivity contribution is 7.89. The number of nitroso groups, excluding NO2 is 1. The van der Waals surface area contributed by atoms with Crippen LogP contribution in [0.1, 0.15) is 65.2 Å². The highest BCUT2D eigenvalue weighted by Gasteiger charge is 2.27. The Morgan fingerprint density at radius 3 is 1.43 bits per heavy atom. The van der Waals surface area contributed by atoms with Crippen LogP contribution in [0.4, 0.5) is 11.4 Å². The second-order valence-corrected chi connectivity index (χ2v) is 14.9. The van der Waals surface area contributed by atoms with Crippen molar-refractivity contribution in [3.63, 3.8) is 0 Å². The van der Waals surface area contributed by atoms with Gasteiger partial charge in [0, 0.05) is 33.6 Å². The Kier molecular flexibility index (Phi) is 8.17. The fourth-order valence-corrected chi connectivity index (χ4v) is 8.71. The van der Waals surface area contributed by atoms with Crippen LogP contribution in [-0.2, 0) is 20.0 Å². The van der Waals surface area contributed by atoms with Gasteiger partial charge in [-0.15, -0.1) is 4.91 Å². The minimum Gasteiger partial charge on any atom is -0.291 e. The van der Waals surface area contributed by atoms with E-state index >= 15 is 0 Å². The Hall–Kier alpha value is -2.64. The SMILES string of the molecule is CC1CCC(NS(=O)(=O)c2ccc3c(NO)c4ccc(S(=O)(=O)NC5CCC(C)CC5)cc4c(N=O)c3c2)CC1. The lowest BCUT2D eigenvalue weighted by atomic mass is 9.88. The van der Waals surface area contributed by atoms with E-state index in [0.29, 0.717) is 22.6 Å². The van der Waals surface area contributed by atoms with Crippen LogP contribution in [-0.4, -0.2) is 34.1 Å².